The molecule has 1 unspecified atom stereocenters. The van der Waals surface area contributed by atoms with Crippen LogP contribution < -0.4 is 5.73 Å². The molecule has 0 spiro atoms. The van der Waals surface area contributed by atoms with Crippen LogP contribution in [0.25, 0.3) is 11.0 Å². The highest BCUT2D eigenvalue weighted by molar-refractivity contribution is 6.35. The molecule has 0 aliphatic carbocycles. The first-order valence-corrected chi connectivity index (χ1v) is 6.09. The van der Waals surface area contributed by atoms with E-state index in [2.05, 4.69) is 11.9 Å². The van der Waals surface area contributed by atoms with E-state index in [-0.39, 0.29) is 6.54 Å². The number of nitrogens with two attached hydrogens (primary N) is 1. The molecule has 2 aromatic rings. The number of aliphatic hydroxyl groups is 1. The summed E-state index contributed by atoms with van der Waals surface area (Å²) in [4.78, 5) is 4.41. The van der Waals surface area contributed by atoms with Gasteiger partial charge in [-0.2, -0.15) is 0 Å². The summed E-state index contributed by atoms with van der Waals surface area (Å²) in [6, 6.07) is 5.57. The Morgan fingerprint density at radius 2 is 2.29 bits per heavy atom. The van der Waals surface area contributed by atoms with Gasteiger partial charge in [0.1, 0.15) is 11.9 Å². The number of benzene rings is 1. The third-order valence-corrected chi connectivity index (χ3v) is 3.02. The molecule has 2 rings (SSSR count). The molecule has 0 aliphatic heterocycles. The Kier molecular flexibility index (Phi) is 3.66. The molecule has 1 aromatic carbocycles. The third kappa shape index (κ3) is 2.16. The van der Waals surface area contributed by atoms with Crippen LogP contribution in [0.1, 0.15) is 25.3 Å². The maximum Gasteiger partial charge on any atom is 0.140 e. The van der Waals surface area contributed by atoms with E-state index in [0.29, 0.717) is 10.8 Å². The lowest BCUT2D eigenvalue weighted by Gasteiger charge is -2.11. The number of fused-ring (bicyclic) bond motifs is 1. The first kappa shape index (κ1) is 12.4. The molecule has 4 nitrogen and oxygen atoms in total. The number of para-hydroxylation sites is 1. The van der Waals surface area contributed by atoms with Gasteiger partial charge in [0.2, 0.25) is 0 Å². The highest BCUT2D eigenvalue weighted by atomic mass is 35.5. The largest absolute Gasteiger partial charge is 0.384 e. The summed E-state index contributed by atoms with van der Waals surface area (Å²) < 4.78 is 1.95. The first-order valence-electron chi connectivity index (χ1n) is 5.71. The molecule has 0 saturated heterocycles. The molecule has 0 bridgehead atoms. The summed E-state index contributed by atoms with van der Waals surface area (Å²) >= 11 is 6.19. The second-order valence-electron chi connectivity index (χ2n) is 3.98. The number of halogens is 1. The van der Waals surface area contributed by atoms with Gasteiger partial charge < -0.3 is 15.4 Å². The van der Waals surface area contributed by atoms with Crippen LogP contribution >= 0.6 is 11.6 Å². The van der Waals surface area contributed by atoms with E-state index >= 15 is 0 Å². The van der Waals surface area contributed by atoms with Gasteiger partial charge in [-0.1, -0.05) is 24.6 Å². The maximum absolute atomic E-state index is 9.88. The fraction of sp³-hybridized carbons (Fsp3) is 0.417. The molecule has 0 aliphatic rings. The molecule has 1 aromatic heterocycles. The van der Waals surface area contributed by atoms with Gasteiger partial charge in [-0.3, -0.25) is 0 Å². The summed E-state index contributed by atoms with van der Waals surface area (Å²) in [5.74, 6) is 0.595. The van der Waals surface area contributed by atoms with Crippen molar-refractivity contribution in [1.82, 2.24) is 9.55 Å². The van der Waals surface area contributed by atoms with E-state index in [4.69, 9.17) is 17.3 Å². The Bertz CT molecular complexity index is 524. The van der Waals surface area contributed by atoms with Gasteiger partial charge in [0.25, 0.3) is 0 Å². The van der Waals surface area contributed by atoms with Crippen LogP contribution in [0.3, 0.4) is 0 Å². The van der Waals surface area contributed by atoms with E-state index in [0.717, 1.165) is 24.0 Å². The summed E-state index contributed by atoms with van der Waals surface area (Å²) in [7, 11) is 0. The zero-order valence-electron chi connectivity index (χ0n) is 9.73. The number of hydrogen-bond acceptors (Lipinski definition) is 3. The molecule has 0 radical (unpaired) electrons. The standard InChI is InChI=1S/C12H16ClN3O/c1-2-6-16-11-8(13)4-3-5-9(11)15-12(16)10(17)7-14/h3-5,10,17H,2,6-7,14H2,1H3. The Morgan fingerprint density at radius 1 is 1.53 bits per heavy atom. The summed E-state index contributed by atoms with van der Waals surface area (Å²) in [5, 5.41) is 10.5. The topological polar surface area (TPSA) is 64.1 Å². The molecule has 0 saturated carbocycles. The number of aryl methyl sites for hydroxylation is 1. The van der Waals surface area contributed by atoms with Gasteiger partial charge in [-0.05, 0) is 18.6 Å². The van der Waals surface area contributed by atoms with Crippen molar-refractivity contribution in [3.05, 3.63) is 29.0 Å². The minimum absolute atomic E-state index is 0.157. The van der Waals surface area contributed by atoms with Crippen LogP contribution in [0.2, 0.25) is 5.02 Å². The predicted molar refractivity (Wildman–Crippen MR) is 69.0 cm³/mol. The second kappa shape index (κ2) is 5.04. The lowest BCUT2D eigenvalue weighted by molar-refractivity contribution is 0.172. The van der Waals surface area contributed by atoms with Crippen molar-refractivity contribution in [1.29, 1.82) is 0 Å². The molecule has 0 fully saturated rings. The normalized spacial score (nSPS) is 13.2. The Hall–Kier alpha value is -1.10. The quantitative estimate of drug-likeness (QED) is 0.877. The van der Waals surface area contributed by atoms with Gasteiger partial charge in [-0.25, -0.2) is 4.98 Å². The lowest BCUT2D eigenvalue weighted by atomic mass is 10.3. The summed E-state index contributed by atoms with van der Waals surface area (Å²) in [5.41, 5.74) is 7.17. The number of aliphatic hydroxyl groups excluding tert-OH is 1. The van der Waals surface area contributed by atoms with Crippen molar-refractivity contribution in [2.75, 3.05) is 6.54 Å². The number of hydrogen-bond donors (Lipinski definition) is 2. The van der Waals surface area contributed by atoms with E-state index in [9.17, 15) is 5.11 Å². The summed E-state index contributed by atoms with van der Waals surface area (Å²) in [6.07, 6.45) is 0.200. The number of aromatic nitrogens is 2. The van der Waals surface area contributed by atoms with Crippen molar-refractivity contribution < 1.29 is 5.11 Å². The molecular formula is C12H16ClN3O. The minimum atomic E-state index is -0.745. The number of rotatable bonds is 4. The van der Waals surface area contributed by atoms with Crippen LogP contribution in [0.4, 0.5) is 0 Å². The van der Waals surface area contributed by atoms with Gasteiger partial charge in [-0.15, -0.1) is 0 Å². The van der Waals surface area contributed by atoms with E-state index in [1.165, 1.54) is 0 Å². The van der Waals surface area contributed by atoms with Crippen LogP contribution in [0.15, 0.2) is 18.2 Å². The predicted octanol–water partition coefficient (Wildman–Crippen LogP) is 2.09. The molecule has 92 valence electrons. The lowest BCUT2D eigenvalue weighted by Crippen LogP contribution is -2.17. The van der Waals surface area contributed by atoms with Crippen LogP contribution in [-0.2, 0) is 6.54 Å². The Labute approximate surface area is 105 Å². The summed E-state index contributed by atoms with van der Waals surface area (Å²) in [6.45, 7) is 3.00. The van der Waals surface area contributed by atoms with Gasteiger partial charge in [0.15, 0.2) is 0 Å². The molecule has 17 heavy (non-hydrogen) atoms. The molecule has 1 heterocycles. The molecule has 0 amide bonds. The molecular weight excluding hydrogens is 238 g/mol. The van der Waals surface area contributed by atoms with Crippen molar-refractivity contribution in [3.8, 4) is 0 Å². The molecule has 3 N–H and O–H groups in total. The minimum Gasteiger partial charge on any atom is -0.384 e. The van der Waals surface area contributed by atoms with Crippen molar-refractivity contribution in [2.24, 2.45) is 5.73 Å². The van der Waals surface area contributed by atoms with Crippen LogP contribution in [-0.4, -0.2) is 21.2 Å². The van der Waals surface area contributed by atoms with Crippen LogP contribution in [0, 0.1) is 0 Å². The van der Waals surface area contributed by atoms with Crippen molar-refractivity contribution >= 4 is 22.6 Å². The number of nitrogens with zero attached hydrogens (tertiary/aromatic N) is 2. The fourth-order valence-electron chi connectivity index (χ4n) is 1.97. The van der Waals surface area contributed by atoms with Gasteiger partial charge in [0.05, 0.1) is 16.1 Å². The van der Waals surface area contributed by atoms with Gasteiger partial charge in [0, 0.05) is 13.1 Å². The Morgan fingerprint density at radius 3 is 2.94 bits per heavy atom. The monoisotopic (exact) mass is 253 g/mol. The van der Waals surface area contributed by atoms with E-state index in [1.54, 1.807) is 0 Å². The van der Waals surface area contributed by atoms with E-state index < -0.39 is 6.10 Å². The number of imidazole rings is 1. The highest BCUT2D eigenvalue weighted by Gasteiger charge is 2.17. The third-order valence-electron chi connectivity index (χ3n) is 2.72. The molecule has 5 heteroatoms. The Balaban J connectivity index is 2.67. The molecule has 1 atom stereocenters. The average Bonchev–Trinajstić information content (AvgIpc) is 2.69. The van der Waals surface area contributed by atoms with Crippen LogP contribution in [0.5, 0.6) is 0 Å². The average molecular weight is 254 g/mol. The maximum atomic E-state index is 9.88. The second-order valence-corrected chi connectivity index (χ2v) is 4.39. The highest BCUT2D eigenvalue weighted by Crippen LogP contribution is 2.27. The van der Waals surface area contributed by atoms with Crippen molar-refractivity contribution in [3.63, 3.8) is 0 Å². The smallest absolute Gasteiger partial charge is 0.140 e. The zero-order valence-corrected chi connectivity index (χ0v) is 10.5. The van der Waals surface area contributed by atoms with Crippen molar-refractivity contribution in [2.45, 2.75) is 26.0 Å². The zero-order chi connectivity index (χ0) is 12.4. The fourth-order valence-corrected chi connectivity index (χ4v) is 2.24. The van der Waals surface area contributed by atoms with E-state index in [1.807, 2.05) is 22.8 Å². The SMILES string of the molecule is CCCn1c(C(O)CN)nc2cccc(Cl)c21. The van der Waals surface area contributed by atoms with Gasteiger partial charge >= 0.3 is 0 Å². The first-order chi connectivity index (χ1) is 8.19.